The van der Waals surface area contributed by atoms with Gasteiger partial charge in [0.05, 0.1) is 23.0 Å². The Labute approximate surface area is 191 Å². The number of nitrogens with one attached hydrogen (secondary N) is 2. The number of benzene rings is 1. The molecule has 11 heteroatoms. The first-order valence-electron chi connectivity index (χ1n) is 10.4. The van der Waals surface area contributed by atoms with E-state index in [1.165, 1.54) is 12.4 Å². The molecule has 0 bridgehead atoms. The van der Waals surface area contributed by atoms with Crippen molar-refractivity contribution >= 4 is 11.6 Å². The Kier molecular flexibility index (Phi) is 6.73. The van der Waals surface area contributed by atoms with E-state index in [1.807, 2.05) is 0 Å². The maximum atomic E-state index is 14.3. The van der Waals surface area contributed by atoms with Gasteiger partial charge in [-0.25, -0.2) is 13.8 Å². The molecule has 3 aromatic rings. The fourth-order valence-electron chi connectivity index (χ4n) is 3.59. The first-order chi connectivity index (χ1) is 16.2. The number of carbonyl (C=O) groups excluding carboxylic acids is 1. The fraction of sp³-hybridized carbons (Fsp3) is 0.261. The van der Waals surface area contributed by atoms with Crippen molar-refractivity contribution in [3.63, 3.8) is 0 Å². The van der Waals surface area contributed by atoms with Gasteiger partial charge in [-0.1, -0.05) is 6.07 Å². The summed E-state index contributed by atoms with van der Waals surface area (Å²) in [6.45, 7) is 1.56. The predicted octanol–water partition coefficient (Wildman–Crippen LogP) is 4.82. The van der Waals surface area contributed by atoms with Crippen LogP contribution in [-0.2, 0) is 6.18 Å². The third kappa shape index (κ3) is 5.14. The van der Waals surface area contributed by atoms with Crippen molar-refractivity contribution in [3.8, 4) is 17.0 Å². The molecule has 4 rings (SSSR count). The number of hydrogen-bond donors (Lipinski definition) is 2. The van der Waals surface area contributed by atoms with Crippen LogP contribution in [0.25, 0.3) is 11.3 Å². The Bertz CT molecular complexity index is 1180. The van der Waals surface area contributed by atoms with E-state index in [-0.39, 0.29) is 11.8 Å². The standard InChI is InChI=1S/C23H19F5N4O2/c24-15-2-1-3-16(25)20(15)21-14(23(26,27)28)4-5-17(31-21)22(33)32-18-12-30-11-8-19(18)34-13-6-9-29-10-7-13/h1-5,8,11-13,29H,6-7,9-10H2,(H,32,33). The van der Waals surface area contributed by atoms with Gasteiger partial charge >= 0.3 is 6.18 Å². The Morgan fingerprint density at radius 2 is 1.76 bits per heavy atom. The number of anilines is 1. The highest BCUT2D eigenvalue weighted by atomic mass is 19.4. The number of hydrogen-bond acceptors (Lipinski definition) is 5. The summed E-state index contributed by atoms with van der Waals surface area (Å²) in [5, 5.41) is 5.72. The highest BCUT2D eigenvalue weighted by molar-refractivity contribution is 6.04. The number of alkyl halides is 3. The number of pyridine rings is 2. The van der Waals surface area contributed by atoms with Crippen LogP contribution in [0.3, 0.4) is 0 Å². The number of ether oxygens (including phenoxy) is 1. The number of rotatable bonds is 5. The van der Waals surface area contributed by atoms with Crippen LogP contribution in [0.15, 0.2) is 48.8 Å². The molecule has 1 aliphatic heterocycles. The second-order valence-electron chi connectivity index (χ2n) is 7.58. The molecule has 3 heterocycles. The molecule has 0 unspecified atom stereocenters. The Balaban J connectivity index is 1.66. The van der Waals surface area contributed by atoms with Gasteiger partial charge in [-0.3, -0.25) is 9.78 Å². The minimum absolute atomic E-state index is 0.0841. The van der Waals surface area contributed by atoms with E-state index < -0.39 is 46.2 Å². The van der Waals surface area contributed by atoms with Gasteiger partial charge in [0.15, 0.2) is 0 Å². The van der Waals surface area contributed by atoms with Crippen LogP contribution in [0.4, 0.5) is 27.6 Å². The topological polar surface area (TPSA) is 76.1 Å². The molecule has 1 amide bonds. The minimum Gasteiger partial charge on any atom is -0.488 e. The maximum absolute atomic E-state index is 14.3. The molecule has 34 heavy (non-hydrogen) atoms. The SMILES string of the molecule is O=C(Nc1cnccc1OC1CCNCC1)c1ccc(C(F)(F)F)c(-c2c(F)cccc2F)n1. The van der Waals surface area contributed by atoms with Crippen LogP contribution >= 0.6 is 0 Å². The summed E-state index contributed by atoms with van der Waals surface area (Å²) in [5.41, 5.74) is -3.65. The van der Waals surface area contributed by atoms with Gasteiger partial charge in [0, 0.05) is 12.3 Å². The summed E-state index contributed by atoms with van der Waals surface area (Å²) in [4.78, 5) is 20.5. The van der Waals surface area contributed by atoms with Crippen LogP contribution in [0.1, 0.15) is 28.9 Å². The lowest BCUT2D eigenvalue weighted by Crippen LogP contribution is -2.34. The summed E-state index contributed by atoms with van der Waals surface area (Å²) in [5.74, 6) is -3.03. The third-order valence-corrected chi connectivity index (χ3v) is 5.24. The van der Waals surface area contributed by atoms with E-state index in [0.29, 0.717) is 11.8 Å². The van der Waals surface area contributed by atoms with E-state index in [4.69, 9.17) is 4.74 Å². The molecule has 1 fully saturated rings. The molecule has 0 aliphatic carbocycles. The zero-order valence-electron chi connectivity index (χ0n) is 17.6. The molecular formula is C23H19F5N4O2. The molecule has 2 aromatic heterocycles. The van der Waals surface area contributed by atoms with Gasteiger partial charge in [0.1, 0.15) is 34.9 Å². The molecule has 178 valence electrons. The lowest BCUT2D eigenvalue weighted by Gasteiger charge is -2.24. The average molecular weight is 478 g/mol. The zero-order chi connectivity index (χ0) is 24.3. The van der Waals surface area contributed by atoms with Gasteiger partial charge < -0.3 is 15.4 Å². The first kappa shape index (κ1) is 23.6. The summed E-state index contributed by atoms with van der Waals surface area (Å²) >= 11 is 0. The van der Waals surface area contributed by atoms with Crippen molar-refractivity contribution in [2.24, 2.45) is 0 Å². The van der Waals surface area contributed by atoms with Crippen LogP contribution < -0.4 is 15.4 Å². The Hall–Kier alpha value is -3.60. The maximum Gasteiger partial charge on any atom is 0.418 e. The normalized spacial score (nSPS) is 14.6. The molecule has 1 aromatic carbocycles. The quantitative estimate of drug-likeness (QED) is 0.514. The number of nitrogens with zero attached hydrogens (tertiary/aromatic N) is 2. The molecule has 0 spiro atoms. The molecule has 0 radical (unpaired) electrons. The van der Waals surface area contributed by atoms with Crippen molar-refractivity contribution in [1.82, 2.24) is 15.3 Å². The van der Waals surface area contributed by atoms with Crippen molar-refractivity contribution in [2.75, 3.05) is 18.4 Å². The molecule has 0 saturated carbocycles. The van der Waals surface area contributed by atoms with Gasteiger partial charge in [-0.05, 0) is 50.2 Å². The summed E-state index contributed by atoms with van der Waals surface area (Å²) < 4.78 is 75.1. The fourth-order valence-corrected chi connectivity index (χ4v) is 3.59. The van der Waals surface area contributed by atoms with E-state index in [1.54, 1.807) is 6.07 Å². The number of carbonyl (C=O) groups is 1. The molecule has 2 N–H and O–H groups in total. The van der Waals surface area contributed by atoms with Crippen LogP contribution in [0, 0.1) is 11.6 Å². The van der Waals surface area contributed by atoms with Crippen LogP contribution in [-0.4, -0.2) is 35.1 Å². The lowest BCUT2D eigenvalue weighted by atomic mass is 10.0. The van der Waals surface area contributed by atoms with E-state index in [2.05, 4.69) is 20.6 Å². The predicted molar refractivity (Wildman–Crippen MR) is 113 cm³/mol. The second-order valence-corrected chi connectivity index (χ2v) is 7.58. The van der Waals surface area contributed by atoms with Crippen molar-refractivity contribution in [3.05, 3.63) is 71.7 Å². The van der Waals surface area contributed by atoms with Crippen molar-refractivity contribution < 1.29 is 31.5 Å². The van der Waals surface area contributed by atoms with Crippen molar-refractivity contribution in [2.45, 2.75) is 25.1 Å². The van der Waals surface area contributed by atoms with E-state index in [9.17, 15) is 26.7 Å². The second kappa shape index (κ2) is 9.72. The van der Waals surface area contributed by atoms with E-state index >= 15 is 0 Å². The summed E-state index contributed by atoms with van der Waals surface area (Å²) in [6, 6.07) is 5.60. The monoisotopic (exact) mass is 478 g/mol. The highest BCUT2D eigenvalue weighted by Gasteiger charge is 2.36. The van der Waals surface area contributed by atoms with Crippen molar-refractivity contribution in [1.29, 1.82) is 0 Å². The number of halogens is 5. The summed E-state index contributed by atoms with van der Waals surface area (Å²) in [7, 11) is 0. The molecule has 1 saturated heterocycles. The minimum atomic E-state index is -4.95. The summed E-state index contributed by atoms with van der Waals surface area (Å²) in [6.07, 6.45) is -0.719. The van der Waals surface area contributed by atoms with Gasteiger partial charge in [-0.2, -0.15) is 13.2 Å². The van der Waals surface area contributed by atoms with Gasteiger partial charge in [0.2, 0.25) is 0 Å². The zero-order valence-corrected chi connectivity index (χ0v) is 17.6. The Morgan fingerprint density at radius 1 is 1.06 bits per heavy atom. The van der Waals surface area contributed by atoms with Gasteiger partial charge in [-0.15, -0.1) is 0 Å². The first-order valence-corrected chi connectivity index (χ1v) is 10.4. The lowest BCUT2D eigenvalue weighted by molar-refractivity contribution is -0.137. The molecule has 0 atom stereocenters. The van der Waals surface area contributed by atoms with E-state index in [0.717, 1.165) is 50.2 Å². The smallest absolute Gasteiger partial charge is 0.418 e. The number of aromatic nitrogens is 2. The third-order valence-electron chi connectivity index (χ3n) is 5.24. The molecular weight excluding hydrogens is 459 g/mol. The van der Waals surface area contributed by atoms with Crippen LogP contribution in [0.5, 0.6) is 5.75 Å². The van der Waals surface area contributed by atoms with Gasteiger partial charge in [0.25, 0.3) is 5.91 Å². The number of amides is 1. The largest absolute Gasteiger partial charge is 0.488 e. The highest BCUT2D eigenvalue weighted by Crippen LogP contribution is 2.38. The molecule has 1 aliphatic rings. The molecule has 6 nitrogen and oxygen atoms in total. The average Bonchev–Trinajstić information content (AvgIpc) is 2.80. The number of piperidine rings is 1. The van der Waals surface area contributed by atoms with Crippen LogP contribution in [0.2, 0.25) is 0 Å². The Morgan fingerprint density at radius 3 is 2.44 bits per heavy atom.